The van der Waals surface area contributed by atoms with E-state index in [-0.39, 0.29) is 29.8 Å². The van der Waals surface area contributed by atoms with Crippen LogP contribution in [0.25, 0.3) is 10.9 Å². The molecular formula is C30H38N4O3. The maximum absolute atomic E-state index is 13.4. The highest BCUT2D eigenvalue weighted by Gasteiger charge is 2.33. The van der Waals surface area contributed by atoms with Crippen molar-refractivity contribution in [3.8, 4) is 0 Å². The van der Waals surface area contributed by atoms with Gasteiger partial charge in [-0.25, -0.2) is 0 Å². The van der Waals surface area contributed by atoms with E-state index in [1.165, 1.54) is 0 Å². The summed E-state index contributed by atoms with van der Waals surface area (Å²) < 4.78 is 1.91. The van der Waals surface area contributed by atoms with Gasteiger partial charge in [0.25, 0.3) is 5.91 Å². The summed E-state index contributed by atoms with van der Waals surface area (Å²) in [6, 6.07) is 19.3. The molecule has 7 heteroatoms. The molecule has 0 aliphatic heterocycles. The number of fused-ring (bicyclic) bond motifs is 1. The van der Waals surface area contributed by atoms with Crippen LogP contribution in [-0.2, 0) is 23.3 Å². The molecule has 3 aromatic rings. The molecule has 0 spiro atoms. The standard InChI is InChI=1S/C30H38N4O3/c1-21(2)17-24(19-31-37-20-22-11-5-4-6-12-22)32-29(35)25-14-8-9-15-26(25)33-30(36)28-18-23-13-7-10-16-27(23)34(28)3/h4-7,10-13,16,18-19,21,24-26H,8-9,14-15,17,20H2,1-3H3,(H,32,35)(H,33,36)/b31-19+/t24?,25-,26+/m1/s1. The smallest absolute Gasteiger partial charge is 0.268 e. The second-order valence-corrected chi connectivity index (χ2v) is 10.4. The summed E-state index contributed by atoms with van der Waals surface area (Å²) >= 11 is 0. The summed E-state index contributed by atoms with van der Waals surface area (Å²) in [4.78, 5) is 32.1. The minimum atomic E-state index is -0.277. The van der Waals surface area contributed by atoms with E-state index in [0.717, 1.165) is 48.6 Å². The normalized spacial score (nSPS) is 18.7. The Morgan fingerprint density at radius 3 is 2.57 bits per heavy atom. The third kappa shape index (κ3) is 7.00. The van der Waals surface area contributed by atoms with Crippen LogP contribution >= 0.6 is 0 Å². The van der Waals surface area contributed by atoms with E-state index in [9.17, 15) is 9.59 Å². The molecule has 2 amide bonds. The lowest BCUT2D eigenvalue weighted by atomic mass is 9.83. The van der Waals surface area contributed by atoms with Crippen molar-refractivity contribution >= 4 is 28.9 Å². The van der Waals surface area contributed by atoms with Crippen LogP contribution in [0.4, 0.5) is 0 Å². The van der Waals surface area contributed by atoms with Crippen LogP contribution in [0.2, 0.25) is 0 Å². The zero-order chi connectivity index (χ0) is 26.2. The van der Waals surface area contributed by atoms with Crippen LogP contribution < -0.4 is 10.6 Å². The molecule has 1 saturated carbocycles. The lowest BCUT2D eigenvalue weighted by Gasteiger charge is -2.32. The predicted octanol–water partition coefficient (Wildman–Crippen LogP) is 5.20. The highest BCUT2D eigenvalue weighted by atomic mass is 16.6. The molecule has 1 aliphatic rings. The third-order valence-electron chi connectivity index (χ3n) is 7.05. The molecule has 4 rings (SSSR count). The van der Waals surface area contributed by atoms with Gasteiger partial charge in [-0.2, -0.15) is 0 Å². The molecule has 1 aliphatic carbocycles. The Hall–Kier alpha value is -3.61. The van der Waals surface area contributed by atoms with Crippen molar-refractivity contribution < 1.29 is 14.4 Å². The van der Waals surface area contributed by atoms with Crippen molar-refractivity contribution in [2.75, 3.05) is 0 Å². The van der Waals surface area contributed by atoms with Crippen LogP contribution in [0, 0.1) is 11.8 Å². The van der Waals surface area contributed by atoms with Crippen molar-refractivity contribution in [2.24, 2.45) is 24.0 Å². The van der Waals surface area contributed by atoms with Crippen LogP contribution in [-0.4, -0.2) is 34.7 Å². The van der Waals surface area contributed by atoms with Crippen molar-refractivity contribution in [1.82, 2.24) is 15.2 Å². The summed E-state index contributed by atoms with van der Waals surface area (Å²) in [6.07, 6.45) is 5.95. The largest absolute Gasteiger partial charge is 0.391 e. The molecule has 1 fully saturated rings. The van der Waals surface area contributed by atoms with Crippen LogP contribution in [0.15, 0.2) is 65.8 Å². The van der Waals surface area contributed by atoms with E-state index in [0.29, 0.717) is 18.2 Å². The van der Waals surface area contributed by atoms with Crippen LogP contribution in [0.3, 0.4) is 0 Å². The van der Waals surface area contributed by atoms with Crippen molar-refractivity contribution in [3.05, 3.63) is 71.9 Å². The van der Waals surface area contributed by atoms with Gasteiger partial charge in [0, 0.05) is 24.0 Å². The van der Waals surface area contributed by atoms with Gasteiger partial charge in [0.15, 0.2) is 0 Å². The average Bonchev–Trinajstić information content (AvgIpc) is 3.23. The van der Waals surface area contributed by atoms with Crippen LogP contribution in [0.5, 0.6) is 0 Å². The molecule has 196 valence electrons. The molecule has 1 aromatic heterocycles. The fourth-order valence-corrected chi connectivity index (χ4v) is 5.12. The number of nitrogens with one attached hydrogen (secondary N) is 2. The van der Waals surface area contributed by atoms with Gasteiger partial charge < -0.3 is 20.0 Å². The summed E-state index contributed by atoms with van der Waals surface area (Å²) in [7, 11) is 1.90. The lowest BCUT2D eigenvalue weighted by Crippen LogP contribution is -2.51. The molecule has 7 nitrogen and oxygen atoms in total. The number of rotatable bonds is 10. The van der Waals surface area contributed by atoms with E-state index in [4.69, 9.17) is 4.84 Å². The second-order valence-electron chi connectivity index (χ2n) is 10.4. The molecule has 0 bridgehead atoms. The highest BCUT2D eigenvalue weighted by molar-refractivity contribution is 5.99. The monoisotopic (exact) mass is 502 g/mol. The average molecular weight is 503 g/mol. The van der Waals surface area contributed by atoms with E-state index < -0.39 is 0 Å². The molecule has 2 N–H and O–H groups in total. The molecule has 1 heterocycles. The molecule has 1 unspecified atom stereocenters. The molecule has 0 saturated heterocycles. The number of aromatic nitrogens is 1. The second kappa shape index (κ2) is 12.6. The Kier molecular flexibility index (Phi) is 8.99. The van der Waals surface area contributed by atoms with Crippen molar-refractivity contribution in [1.29, 1.82) is 0 Å². The van der Waals surface area contributed by atoms with E-state index >= 15 is 0 Å². The Morgan fingerprint density at radius 2 is 1.81 bits per heavy atom. The maximum atomic E-state index is 13.4. The SMILES string of the molecule is CC(C)CC(/C=N/OCc1ccccc1)NC(=O)[C@@H]1CCCC[C@@H]1NC(=O)c1cc2ccccc2n1C. The zero-order valence-corrected chi connectivity index (χ0v) is 22.0. The maximum Gasteiger partial charge on any atom is 0.268 e. The van der Waals surface area contributed by atoms with Gasteiger partial charge in [0.05, 0.1) is 18.2 Å². The van der Waals surface area contributed by atoms with Gasteiger partial charge in [-0.1, -0.05) is 80.4 Å². The number of amides is 2. The first-order chi connectivity index (χ1) is 17.9. The van der Waals surface area contributed by atoms with Crippen molar-refractivity contribution in [3.63, 3.8) is 0 Å². The van der Waals surface area contributed by atoms with E-state index in [1.807, 2.05) is 72.3 Å². The molecule has 2 aromatic carbocycles. The molecule has 0 radical (unpaired) electrons. The Bertz CT molecular complexity index is 1220. The Morgan fingerprint density at radius 1 is 1.08 bits per heavy atom. The Balaban J connectivity index is 1.39. The zero-order valence-electron chi connectivity index (χ0n) is 22.0. The summed E-state index contributed by atoms with van der Waals surface area (Å²) in [5, 5.41) is 11.5. The topological polar surface area (TPSA) is 84.7 Å². The number of carbonyl (C=O) groups is 2. The fraction of sp³-hybridized carbons (Fsp3) is 0.433. The minimum Gasteiger partial charge on any atom is -0.391 e. The number of oxime groups is 1. The number of para-hydroxylation sites is 1. The number of carbonyl (C=O) groups excluding carboxylic acids is 2. The summed E-state index contributed by atoms with van der Waals surface area (Å²) in [5.74, 6) is -0.0832. The van der Waals surface area contributed by atoms with Gasteiger partial charge in [-0.3, -0.25) is 9.59 Å². The van der Waals surface area contributed by atoms with Crippen LogP contribution in [0.1, 0.15) is 62.0 Å². The number of hydrogen-bond donors (Lipinski definition) is 2. The highest BCUT2D eigenvalue weighted by Crippen LogP contribution is 2.26. The van der Waals surface area contributed by atoms with Gasteiger partial charge in [0.1, 0.15) is 12.3 Å². The molecule has 37 heavy (non-hydrogen) atoms. The lowest BCUT2D eigenvalue weighted by molar-refractivity contribution is -0.127. The quantitative estimate of drug-likeness (QED) is 0.295. The first-order valence-electron chi connectivity index (χ1n) is 13.3. The van der Waals surface area contributed by atoms with Gasteiger partial charge in [-0.15, -0.1) is 0 Å². The van der Waals surface area contributed by atoms with Gasteiger partial charge in [0.2, 0.25) is 5.91 Å². The van der Waals surface area contributed by atoms with Crippen molar-refractivity contribution in [2.45, 2.75) is 64.6 Å². The Labute approximate surface area is 219 Å². The summed E-state index contributed by atoms with van der Waals surface area (Å²) in [6.45, 7) is 4.61. The number of aryl methyl sites for hydroxylation is 1. The third-order valence-corrected chi connectivity index (χ3v) is 7.05. The summed E-state index contributed by atoms with van der Waals surface area (Å²) in [5.41, 5.74) is 2.65. The first-order valence-corrected chi connectivity index (χ1v) is 13.3. The predicted molar refractivity (Wildman–Crippen MR) is 147 cm³/mol. The first kappa shape index (κ1) is 26.5. The van der Waals surface area contributed by atoms with E-state index in [1.54, 1.807) is 6.21 Å². The molecular weight excluding hydrogens is 464 g/mol. The molecule has 3 atom stereocenters. The van der Waals surface area contributed by atoms with Gasteiger partial charge in [-0.05, 0) is 42.9 Å². The minimum absolute atomic E-state index is 0.0396. The number of nitrogens with zero attached hydrogens (tertiary/aromatic N) is 2. The van der Waals surface area contributed by atoms with Gasteiger partial charge >= 0.3 is 0 Å². The number of hydrogen-bond acceptors (Lipinski definition) is 4. The fourth-order valence-electron chi connectivity index (χ4n) is 5.12. The van der Waals surface area contributed by atoms with E-state index in [2.05, 4.69) is 29.6 Å². The number of benzene rings is 2.